The van der Waals surface area contributed by atoms with Gasteiger partial charge in [0, 0.05) is 6.72 Å². The standard InChI is InChI=1S/C3H7N3O2/c1-5-6-3(8)2(4)7/h2,7H,1,4H2,(H,6,8). The summed E-state index contributed by atoms with van der Waals surface area (Å²) in [7, 11) is 0. The Morgan fingerprint density at radius 2 is 2.50 bits per heavy atom. The zero-order valence-electron chi connectivity index (χ0n) is 4.16. The van der Waals surface area contributed by atoms with Crippen LogP contribution in [0.3, 0.4) is 0 Å². The van der Waals surface area contributed by atoms with Crippen LogP contribution in [0.1, 0.15) is 0 Å². The third-order valence-electron chi connectivity index (χ3n) is 0.458. The van der Waals surface area contributed by atoms with Crippen molar-refractivity contribution in [3.63, 3.8) is 0 Å². The first-order valence-corrected chi connectivity index (χ1v) is 1.87. The van der Waals surface area contributed by atoms with Gasteiger partial charge in [0.05, 0.1) is 0 Å². The highest BCUT2D eigenvalue weighted by molar-refractivity contribution is 5.79. The molecule has 0 radical (unpaired) electrons. The molecule has 0 aliphatic rings. The third kappa shape index (κ3) is 2.27. The number of aliphatic hydroxyl groups is 1. The zero-order chi connectivity index (χ0) is 6.57. The summed E-state index contributed by atoms with van der Waals surface area (Å²) in [6, 6.07) is 0. The fourth-order valence-corrected chi connectivity index (χ4v) is 0.144. The first-order chi connectivity index (χ1) is 3.68. The number of nitrogens with one attached hydrogen (secondary N) is 1. The van der Waals surface area contributed by atoms with Crippen molar-refractivity contribution in [3.8, 4) is 0 Å². The molecular formula is C3H7N3O2. The number of hydrazone groups is 1. The minimum absolute atomic E-state index is 0.764. The number of rotatable bonds is 2. The van der Waals surface area contributed by atoms with Crippen LogP contribution in [0.2, 0.25) is 0 Å². The lowest BCUT2D eigenvalue weighted by atomic mass is 10.6. The van der Waals surface area contributed by atoms with Crippen molar-refractivity contribution >= 4 is 12.6 Å². The molecule has 0 spiro atoms. The van der Waals surface area contributed by atoms with E-state index in [9.17, 15) is 4.79 Å². The zero-order valence-corrected chi connectivity index (χ0v) is 4.16. The highest BCUT2D eigenvalue weighted by atomic mass is 16.3. The minimum atomic E-state index is -1.51. The molecule has 0 aliphatic carbocycles. The van der Waals surface area contributed by atoms with Gasteiger partial charge in [-0.25, -0.2) is 5.43 Å². The first-order valence-electron chi connectivity index (χ1n) is 1.87. The van der Waals surface area contributed by atoms with Crippen LogP contribution in [-0.2, 0) is 4.79 Å². The van der Waals surface area contributed by atoms with Crippen molar-refractivity contribution in [2.75, 3.05) is 0 Å². The van der Waals surface area contributed by atoms with Crippen LogP contribution < -0.4 is 11.2 Å². The summed E-state index contributed by atoms with van der Waals surface area (Å²) in [6.45, 7) is 2.93. The van der Waals surface area contributed by atoms with E-state index in [0.717, 1.165) is 0 Å². The smallest absolute Gasteiger partial charge is 0.283 e. The molecule has 0 bridgehead atoms. The summed E-state index contributed by atoms with van der Waals surface area (Å²) in [5.74, 6) is -0.764. The van der Waals surface area contributed by atoms with Crippen molar-refractivity contribution in [2.24, 2.45) is 10.8 Å². The van der Waals surface area contributed by atoms with Crippen molar-refractivity contribution in [1.82, 2.24) is 5.43 Å². The number of carbonyl (C=O) groups excluding carboxylic acids is 1. The van der Waals surface area contributed by atoms with Gasteiger partial charge in [0.2, 0.25) is 0 Å². The molecule has 0 fully saturated rings. The highest BCUT2D eigenvalue weighted by Gasteiger charge is 2.05. The van der Waals surface area contributed by atoms with Crippen LogP contribution in [0, 0.1) is 0 Å². The molecule has 8 heavy (non-hydrogen) atoms. The van der Waals surface area contributed by atoms with Crippen LogP contribution in [0.15, 0.2) is 5.10 Å². The molecule has 4 N–H and O–H groups in total. The molecule has 5 heteroatoms. The highest BCUT2D eigenvalue weighted by Crippen LogP contribution is 1.66. The van der Waals surface area contributed by atoms with Crippen molar-refractivity contribution in [3.05, 3.63) is 0 Å². The summed E-state index contributed by atoms with van der Waals surface area (Å²) in [5.41, 5.74) is 6.52. The molecule has 46 valence electrons. The summed E-state index contributed by atoms with van der Waals surface area (Å²) in [5, 5.41) is 11.2. The topological polar surface area (TPSA) is 87.7 Å². The van der Waals surface area contributed by atoms with E-state index in [0.29, 0.717) is 0 Å². The van der Waals surface area contributed by atoms with E-state index in [1.165, 1.54) is 0 Å². The molecule has 0 aromatic rings. The molecule has 0 aromatic heterocycles. The molecule has 0 saturated heterocycles. The van der Waals surface area contributed by atoms with E-state index < -0.39 is 12.1 Å². The maximum Gasteiger partial charge on any atom is 0.283 e. The van der Waals surface area contributed by atoms with Crippen molar-refractivity contribution in [2.45, 2.75) is 6.23 Å². The van der Waals surface area contributed by atoms with E-state index in [1.54, 1.807) is 0 Å². The van der Waals surface area contributed by atoms with E-state index in [2.05, 4.69) is 17.6 Å². The Morgan fingerprint density at radius 1 is 2.00 bits per heavy atom. The van der Waals surface area contributed by atoms with Gasteiger partial charge in [-0.1, -0.05) is 0 Å². The monoisotopic (exact) mass is 117 g/mol. The second kappa shape index (κ2) is 3.11. The number of aliphatic hydroxyl groups excluding tert-OH is 1. The maximum absolute atomic E-state index is 10.1. The predicted molar refractivity (Wildman–Crippen MR) is 27.9 cm³/mol. The average Bonchev–Trinajstić information content (AvgIpc) is 1.67. The van der Waals surface area contributed by atoms with E-state index in [-0.39, 0.29) is 0 Å². The number of nitrogens with two attached hydrogens (primary N) is 1. The van der Waals surface area contributed by atoms with Gasteiger partial charge in [0.25, 0.3) is 5.91 Å². The van der Waals surface area contributed by atoms with Crippen LogP contribution in [-0.4, -0.2) is 24.0 Å². The van der Waals surface area contributed by atoms with E-state index in [1.807, 2.05) is 5.43 Å². The maximum atomic E-state index is 10.1. The van der Waals surface area contributed by atoms with Gasteiger partial charge < -0.3 is 5.11 Å². The Morgan fingerprint density at radius 3 is 2.62 bits per heavy atom. The SMILES string of the molecule is C=NNC(=O)C(N)O. The molecule has 0 rings (SSSR count). The first kappa shape index (κ1) is 7.06. The van der Waals surface area contributed by atoms with Gasteiger partial charge in [-0.2, -0.15) is 5.10 Å². The average molecular weight is 117 g/mol. The Labute approximate surface area is 46.2 Å². The van der Waals surface area contributed by atoms with Gasteiger partial charge >= 0.3 is 0 Å². The number of carbonyl (C=O) groups is 1. The quantitative estimate of drug-likeness (QED) is 0.222. The van der Waals surface area contributed by atoms with Gasteiger partial charge in [0.1, 0.15) is 0 Å². The summed E-state index contributed by atoms with van der Waals surface area (Å²) in [4.78, 5) is 10.1. The van der Waals surface area contributed by atoms with Gasteiger partial charge in [-0.3, -0.25) is 10.5 Å². The van der Waals surface area contributed by atoms with Crippen molar-refractivity contribution < 1.29 is 9.90 Å². The normalized spacial score (nSPS) is 12.2. The van der Waals surface area contributed by atoms with Crippen LogP contribution in [0.4, 0.5) is 0 Å². The van der Waals surface area contributed by atoms with Crippen LogP contribution in [0.5, 0.6) is 0 Å². The lowest BCUT2D eigenvalue weighted by Gasteiger charge is -1.98. The molecule has 1 atom stereocenters. The lowest BCUT2D eigenvalue weighted by molar-refractivity contribution is -0.128. The third-order valence-corrected chi connectivity index (χ3v) is 0.458. The van der Waals surface area contributed by atoms with Crippen LogP contribution >= 0.6 is 0 Å². The lowest BCUT2D eigenvalue weighted by Crippen LogP contribution is -2.37. The Kier molecular flexibility index (Phi) is 2.75. The Balaban J connectivity index is 3.48. The minimum Gasteiger partial charge on any atom is -0.370 e. The van der Waals surface area contributed by atoms with Gasteiger partial charge in [-0.15, -0.1) is 0 Å². The molecule has 1 unspecified atom stereocenters. The van der Waals surface area contributed by atoms with Crippen LogP contribution in [0.25, 0.3) is 0 Å². The number of nitrogens with zero attached hydrogens (tertiary/aromatic N) is 1. The molecule has 0 aromatic carbocycles. The van der Waals surface area contributed by atoms with Gasteiger partial charge in [0.15, 0.2) is 6.23 Å². The predicted octanol–water partition coefficient (Wildman–Crippen LogP) is -2.00. The Hall–Kier alpha value is -0.940. The summed E-state index contributed by atoms with van der Waals surface area (Å²) in [6.07, 6.45) is -1.51. The van der Waals surface area contributed by atoms with Crippen molar-refractivity contribution in [1.29, 1.82) is 0 Å². The Bertz CT molecular complexity index is 101. The van der Waals surface area contributed by atoms with E-state index >= 15 is 0 Å². The van der Waals surface area contributed by atoms with Gasteiger partial charge in [-0.05, 0) is 0 Å². The molecule has 0 saturated carbocycles. The van der Waals surface area contributed by atoms with E-state index in [4.69, 9.17) is 5.11 Å². The summed E-state index contributed by atoms with van der Waals surface area (Å²) < 4.78 is 0. The molecule has 5 nitrogen and oxygen atoms in total. The second-order valence-corrected chi connectivity index (χ2v) is 1.08. The fourth-order valence-electron chi connectivity index (χ4n) is 0.144. The summed E-state index contributed by atoms with van der Waals surface area (Å²) >= 11 is 0. The molecule has 1 amide bonds. The molecular weight excluding hydrogens is 110 g/mol. The molecule has 0 aliphatic heterocycles. The fraction of sp³-hybridized carbons (Fsp3) is 0.333. The number of amides is 1. The number of hydrogen-bond donors (Lipinski definition) is 3. The second-order valence-electron chi connectivity index (χ2n) is 1.08. The number of hydrogen-bond acceptors (Lipinski definition) is 4. The molecule has 0 heterocycles. The largest absolute Gasteiger partial charge is 0.370 e.